The predicted octanol–water partition coefficient (Wildman–Crippen LogP) is 2.06. The average Bonchev–Trinajstić information content (AvgIpc) is 2.53. The molecular weight excluding hydrogens is 349 g/mol. The second-order valence-corrected chi connectivity index (χ2v) is 7.30. The van der Waals surface area contributed by atoms with Crippen molar-refractivity contribution in [3.8, 4) is 6.07 Å². The molecule has 0 aliphatic carbocycles. The van der Waals surface area contributed by atoms with E-state index in [4.69, 9.17) is 10.4 Å². The summed E-state index contributed by atoms with van der Waals surface area (Å²) in [7, 11) is -4.28. The summed E-state index contributed by atoms with van der Waals surface area (Å²) in [5.74, 6) is -2.04. The molecule has 1 saturated heterocycles. The first-order valence-corrected chi connectivity index (χ1v) is 8.35. The summed E-state index contributed by atoms with van der Waals surface area (Å²) >= 11 is 0. The highest BCUT2D eigenvalue weighted by Crippen LogP contribution is 2.34. The number of hydrogen-bond acceptors (Lipinski definition) is 4. The molecule has 1 aliphatic rings. The fourth-order valence-corrected chi connectivity index (χ4v) is 4.08. The van der Waals surface area contributed by atoms with Gasteiger partial charge in [-0.25, -0.2) is 8.42 Å². The zero-order valence-corrected chi connectivity index (χ0v) is 13.1. The SMILES string of the molecule is N#Cc1ccc(S(=O)(=O)N2CCCC(C(=O)O)C2)cc1C(F)(F)F. The van der Waals surface area contributed by atoms with Crippen LogP contribution in [0.25, 0.3) is 0 Å². The Balaban J connectivity index is 2.43. The highest BCUT2D eigenvalue weighted by Gasteiger charge is 2.37. The quantitative estimate of drug-likeness (QED) is 0.887. The van der Waals surface area contributed by atoms with E-state index in [0.717, 1.165) is 16.4 Å². The monoisotopic (exact) mass is 362 g/mol. The van der Waals surface area contributed by atoms with Gasteiger partial charge in [-0.05, 0) is 31.0 Å². The number of aliphatic carboxylic acids is 1. The van der Waals surface area contributed by atoms with Crippen LogP contribution in [0.4, 0.5) is 13.2 Å². The first-order valence-electron chi connectivity index (χ1n) is 6.91. The zero-order chi connectivity index (χ0) is 18.1. The summed E-state index contributed by atoms with van der Waals surface area (Å²) < 4.78 is 64.8. The molecule has 24 heavy (non-hydrogen) atoms. The van der Waals surface area contributed by atoms with Crippen LogP contribution in [0.3, 0.4) is 0 Å². The standard InChI is InChI=1S/C14H13F3N2O4S/c15-14(16,17)12-6-11(4-3-9(12)7-18)24(22,23)19-5-1-2-10(8-19)13(20)21/h3-4,6,10H,1-2,5,8H2,(H,20,21). The summed E-state index contributed by atoms with van der Waals surface area (Å²) in [5.41, 5.74) is -2.01. The Bertz CT molecular complexity index is 799. The van der Waals surface area contributed by atoms with Crippen LogP contribution >= 0.6 is 0 Å². The minimum absolute atomic E-state index is 0.0352. The van der Waals surface area contributed by atoms with Crippen molar-refractivity contribution in [2.45, 2.75) is 23.9 Å². The number of carbonyl (C=O) groups is 1. The van der Waals surface area contributed by atoms with E-state index in [-0.39, 0.29) is 13.1 Å². The molecule has 1 heterocycles. The lowest BCUT2D eigenvalue weighted by Gasteiger charge is -2.30. The lowest BCUT2D eigenvalue weighted by molar-refractivity contribution is -0.143. The van der Waals surface area contributed by atoms with Crippen molar-refractivity contribution in [1.29, 1.82) is 5.26 Å². The molecule has 0 radical (unpaired) electrons. The Hall–Kier alpha value is -2.12. The number of piperidine rings is 1. The van der Waals surface area contributed by atoms with Crippen molar-refractivity contribution < 1.29 is 31.5 Å². The third-order valence-corrected chi connectivity index (χ3v) is 5.65. The van der Waals surface area contributed by atoms with Gasteiger partial charge in [-0.3, -0.25) is 4.79 Å². The normalized spacial score (nSPS) is 19.7. The van der Waals surface area contributed by atoms with Crippen LogP contribution in [-0.2, 0) is 21.0 Å². The molecule has 130 valence electrons. The summed E-state index contributed by atoms with van der Waals surface area (Å²) in [6, 6.07) is 3.52. The third-order valence-electron chi connectivity index (χ3n) is 3.79. The predicted molar refractivity (Wildman–Crippen MR) is 75.3 cm³/mol. The molecule has 0 saturated carbocycles. The van der Waals surface area contributed by atoms with Crippen LogP contribution in [-0.4, -0.2) is 36.9 Å². The Morgan fingerprint density at radius 2 is 2.04 bits per heavy atom. The van der Waals surface area contributed by atoms with E-state index < -0.39 is 44.1 Å². The molecular formula is C14H13F3N2O4S. The molecule has 1 N–H and O–H groups in total. The van der Waals surface area contributed by atoms with Gasteiger partial charge in [0.2, 0.25) is 10.0 Å². The number of benzene rings is 1. The van der Waals surface area contributed by atoms with Gasteiger partial charge in [0.15, 0.2) is 0 Å². The maximum Gasteiger partial charge on any atom is 0.417 e. The molecule has 1 aliphatic heterocycles. The molecule has 1 aromatic carbocycles. The number of alkyl halides is 3. The van der Waals surface area contributed by atoms with Crippen LogP contribution in [0, 0.1) is 17.2 Å². The number of hydrogen-bond donors (Lipinski definition) is 1. The Labute approximate surface area is 136 Å². The molecule has 1 aromatic rings. The van der Waals surface area contributed by atoms with Gasteiger partial charge in [0.1, 0.15) is 0 Å². The smallest absolute Gasteiger partial charge is 0.417 e. The number of carboxylic acids is 1. The van der Waals surface area contributed by atoms with E-state index in [1.165, 1.54) is 6.07 Å². The molecule has 1 unspecified atom stereocenters. The molecule has 1 fully saturated rings. The van der Waals surface area contributed by atoms with Crippen molar-refractivity contribution in [1.82, 2.24) is 4.31 Å². The van der Waals surface area contributed by atoms with Gasteiger partial charge in [0.05, 0.1) is 28.0 Å². The Morgan fingerprint density at radius 3 is 2.58 bits per heavy atom. The van der Waals surface area contributed by atoms with Gasteiger partial charge in [-0.15, -0.1) is 0 Å². The summed E-state index contributed by atoms with van der Waals surface area (Å²) in [6.45, 7) is -0.257. The number of halogens is 3. The van der Waals surface area contributed by atoms with Crippen LogP contribution in [0.5, 0.6) is 0 Å². The van der Waals surface area contributed by atoms with E-state index in [1.807, 2.05) is 0 Å². The largest absolute Gasteiger partial charge is 0.481 e. The number of carboxylic acid groups (broad SMARTS) is 1. The third kappa shape index (κ3) is 3.52. The van der Waals surface area contributed by atoms with Crippen LogP contribution in [0.1, 0.15) is 24.0 Å². The number of nitriles is 1. The summed E-state index contributed by atoms with van der Waals surface area (Å²) in [6.07, 6.45) is -4.26. The first kappa shape index (κ1) is 18.2. The molecule has 1 atom stereocenters. The highest BCUT2D eigenvalue weighted by molar-refractivity contribution is 7.89. The topological polar surface area (TPSA) is 98.5 Å². The van der Waals surface area contributed by atoms with Crippen molar-refractivity contribution in [2.75, 3.05) is 13.1 Å². The fraction of sp³-hybridized carbons (Fsp3) is 0.429. The molecule has 0 spiro atoms. The van der Waals surface area contributed by atoms with Gasteiger partial charge in [0.25, 0.3) is 0 Å². The van der Waals surface area contributed by atoms with Crippen LogP contribution in [0.15, 0.2) is 23.1 Å². The van der Waals surface area contributed by atoms with Crippen molar-refractivity contribution in [3.05, 3.63) is 29.3 Å². The first-order chi connectivity index (χ1) is 11.1. The number of nitrogens with zero attached hydrogens (tertiary/aromatic N) is 2. The van der Waals surface area contributed by atoms with Gasteiger partial charge in [-0.1, -0.05) is 0 Å². The molecule has 2 rings (SSSR count). The Morgan fingerprint density at radius 1 is 1.38 bits per heavy atom. The second kappa shape index (κ2) is 6.41. The molecule has 0 amide bonds. The maximum atomic E-state index is 13.0. The maximum absolute atomic E-state index is 13.0. The van der Waals surface area contributed by atoms with E-state index in [0.29, 0.717) is 18.9 Å². The van der Waals surface area contributed by atoms with Crippen molar-refractivity contribution >= 4 is 16.0 Å². The van der Waals surface area contributed by atoms with Gasteiger partial charge >= 0.3 is 12.1 Å². The number of rotatable bonds is 3. The van der Waals surface area contributed by atoms with E-state index in [2.05, 4.69) is 0 Å². The van der Waals surface area contributed by atoms with Crippen molar-refractivity contribution in [3.63, 3.8) is 0 Å². The lowest BCUT2D eigenvalue weighted by atomic mass is 10.0. The summed E-state index contributed by atoms with van der Waals surface area (Å²) in [5, 5.41) is 17.7. The van der Waals surface area contributed by atoms with Gasteiger partial charge < -0.3 is 5.11 Å². The molecule has 0 aromatic heterocycles. The molecule has 0 bridgehead atoms. The lowest BCUT2D eigenvalue weighted by Crippen LogP contribution is -2.42. The van der Waals surface area contributed by atoms with Gasteiger partial charge in [0, 0.05) is 13.1 Å². The molecule has 10 heteroatoms. The van der Waals surface area contributed by atoms with E-state index in [9.17, 15) is 26.4 Å². The Kier molecular flexibility index (Phi) is 4.87. The minimum Gasteiger partial charge on any atom is -0.481 e. The highest BCUT2D eigenvalue weighted by atomic mass is 32.2. The fourth-order valence-electron chi connectivity index (χ4n) is 2.53. The average molecular weight is 362 g/mol. The van der Waals surface area contributed by atoms with Crippen LogP contribution in [0.2, 0.25) is 0 Å². The van der Waals surface area contributed by atoms with E-state index in [1.54, 1.807) is 0 Å². The van der Waals surface area contributed by atoms with Gasteiger partial charge in [-0.2, -0.15) is 22.7 Å². The van der Waals surface area contributed by atoms with E-state index >= 15 is 0 Å². The molecule has 6 nitrogen and oxygen atoms in total. The zero-order valence-electron chi connectivity index (χ0n) is 12.2. The van der Waals surface area contributed by atoms with Crippen LogP contribution < -0.4 is 0 Å². The minimum atomic E-state index is -4.87. The number of sulfonamides is 1. The second-order valence-electron chi connectivity index (χ2n) is 5.36. The summed E-state index contributed by atoms with van der Waals surface area (Å²) in [4.78, 5) is 10.4. The van der Waals surface area contributed by atoms with Crippen molar-refractivity contribution in [2.24, 2.45) is 5.92 Å².